The molecule has 3 aliphatic rings. The van der Waals surface area contributed by atoms with Crippen LogP contribution in [0, 0.1) is 11.8 Å². The van der Waals surface area contributed by atoms with Crippen molar-refractivity contribution in [2.24, 2.45) is 11.8 Å². The van der Waals surface area contributed by atoms with E-state index in [-0.39, 0.29) is 18.1 Å². The molecule has 0 aromatic carbocycles. The Morgan fingerprint density at radius 1 is 1.28 bits per heavy atom. The number of thiophene rings is 1. The molecular weight excluding hydrogens is 388 g/mol. The molecule has 0 unspecified atom stereocenters. The topological polar surface area (TPSA) is 80.5 Å². The third kappa shape index (κ3) is 3.41. The van der Waals surface area contributed by atoms with Crippen molar-refractivity contribution >= 4 is 17.2 Å². The fourth-order valence-electron chi connectivity index (χ4n) is 5.52. The van der Waals surface area contributed by atoms with E-state index in [1.165, 1.54) is 0 Å². The van der Waals surface area contributed by atoms with Gasteiger partial charge in [0.25, 0.3) is 5.91 Å². The highest BCUT2D eigenvalue weighted by molar-refractivity contribution is 7.08. The van der Waals surface area contributed by atoms with E-state index in [0.717, 1.165) is 57.2 Å². The maximum atomic E-state index is 12.8. The van der Waals surface area contributed by atoms with Gasteiger partial charge in [0, 0.05) is 25.6 Å². The number of ether oxygens (including phenoxy) is 1. The van der Waals surface area contributed by atoms with Crippen molar-refractivity contribution in [1.82, 2.24) is 19.9 Å². The van der Waals surface area contributed by atoms with Gasteiger partial charge >= 0.3 is 0 Å². The third-order valence-corrected chi connectivity index (χ3v) is 7.88. The van der Waals surface area contributed by atoms with Crippen molar-refractivity contribution in [3.63, 3.8) is 0 Å². The Bertz CT molecular complexity index is 861. The van der Waals surface area contributed by atoms with Gasteiger partial charge in [-0.3, -0.25) is 4.79 Å². The number of likely N-dealkylation sites (tertiary alicyclic amines) is 1. The molecule has 1 amide bonds. The van der Waals surface area contributed by atoms with Crippen LogP contribution in [0.3, 0.4) is 0 Å². The average Bonchev–Trinajstić information content (AvgIpc) is 3.52. The van der Waals surface area contributed by atoms with Crippen molar-refractivity contribution in [3.8, 4) is 0 Å². The zero-order valence-electron chi connectivity index (χ0n) is 16.7. The number of carbonyl (C=O) groups is 1. The molecule has 3 heterocycles. The Morgan fingerprint density at radius 2 is 2.03 bits per heavy atom. The summed E-state index contributed by atoms with van der Waals surface area (Å²) in [5.41, 5.74) is 0.654. The van der Waals surface area contributed by atoms with E-state index >= 15 is 0 Å². The van der Waals surface area contributed by atoms with Gasteiger partial charge in [-0.15, -0.1) is 5.10 Å². The quantitative estimate of drug-likeness (QED) is 0.829. The summed E-state index contributed by atoms with van der Waals surface area (Å²) in [4.78, 5) is 14.8. The van der Waals surface area contributed by atoms with E-state index < -0.39 is 5.60 Å². The summed E-state index contributed by atoms with van der Waals surface area (Å²) in [7, 11) is 1.75. The van der Waals surface area contributed by atoms with Gasteiger partial charge in [0.15, 0.2) is 0 Å². The third-order valence-electron chi connectivity index (χ3n) is 7.20. The second-order valence-electron chi connectivity index (χ2n) is 8.88. The molecule has 8 heteroatoms. The standard InChI is InChI=1S/C21H28N4O3S/c1-28-18-9-16-11-24(20(26)14-4-7-29-13-14)10-15(16)8-17(18)25-12-19(22-23-25)21(27)5-2-3-6-21/h4,7,12-13,15-18,27H,2-3,5-6,8-11H2,1H3/t15-,16+,17-,18-/m1/s1. The highest BCUT2D eigenvalue weighted by Gasteiger charge is 2.45. The molecule has 0 spiro atoms. The maximum Gasteiger partial charge on any atom is 0.254 e. The van der Waals surface area contributed by atoms with Crippen LogP contribution in [-0.4, -0.2) is 57.2 Å². The lowest BCUT2D eigenvalue weighted by molar-refractivity contribution is -0.00562. The van der Waals surface area contributed by atoms with E-state index in [9.17, 15) is 9.90 Å². The number of amides is 1. The second kappa shape index (κ2) is 7.49. The van der Waals surface area contributed by atoms with Crippen LogP contribution in [0.2, 0.25) is 0 Å². The monoisotopic (exact) mass is 416 g/mol. The van der Waals surface area contributed by atoms with E-state index in [1.54, 1.807) is 18.4 Å². The van der Waals surface area contributed by atoms with E-state index in [4.69, 9.17) is 4.74 Å². The van der Waals surface area contributed by atoms with Gasteiger partial charge in [-0.2, -0.15) is 11.3 Å². The Hall–Kier alpha value is -1.77. The Kier molecular flexibility index (Phi) is 4.96. The number of hydrogen-bond donors (Lipinski definition) is 1. The molecule has 4 atom stereocenters. The molecule has 5 rings (SSSR count). The predicted octanol–water partition coefficient (Wildman–Crippen LogP) is 2.84. The summed E-state index contributed by atoms with van der Waals surface area (Å²) in [6.45, 7) is 1.59. The SMILES string of the molecule is CO[C@@H]1C[C@H]2CN(C(=O)c3ccsc3)C[C@H]2C[C@H]1n1cc(C2(O)CCCC2)nn1. The summed E-state index contributed by atoms with van der Waals surface area (Å²) in [6, 6.07) is 1.99. The van der Waals surface area contributed by atoms with Gasteiger partial charge in [0.1, 0.15) is 11.3 Å². The van der Waals surface area contributed by atoms with Gasteiger partial charge in [-0.1, -0.05) is 18.1 Å². The number of rotatable bonds is 4. The number of carbonyl (C=O) groups excluding carboxylic acids is 1. The molecule has 0 radical (unpaired) electrons. The Balaban J connectivity index is 1.32. The number of nitrogens with zero attached hydrogens (tertiary/aromatic N) is 4. The fourth-order valence-corrected chi connectivity index (χ4v) is 6.15. The number of methoxy groups -OCH3 is 1. The lowest BCUT2D eigenvalue weighted by atomic mass is 9.77. The number of fused-ring (bicyclic) bond motifs is 1. The predicted molar refractivity (Wildman–Crippen MR) is 109 cm³/mol. The molecule has 1 saturated heterocycles. The second-order valence-corrected chi connectivity index (χ2v) is 9.66. The van der Waals surface area contributed by atoms with Crippen LogP contribution in [0.25, 0.3) is 0 Å². The summed E-state index contributed by atoms with van der Waals surface area (Å²) in [5, 5.41) is 23.4. The first-order valence-electron chi connectivity index (χ1n) is 10.6. The molecule has 3 fully saturated rings. The first kappa shape index (κ1) is 19.2. The van der Waals surface area contributed by atoms with Crippen molar-refractivity contribution in [3.05, 3.63) is 34.3 Å². The molecule has 29 heavy (non-hydrogen) atoms. The zero-order chi connectivity index (χ0) is 20.0. The Labute approximate surface area is 174 Å². The zero-order valence-corrected chi connectivity index (χ0v) is 17.6. The van der Waals surface area contributed by atoms with Crippen LogP contribution in [0.4, 0.5) is 0 Å². The minimum Gasteiger partial charge on any atom is -0.383 e. The number of hydrogen-bond acceptors (Lipinski definition) is 6. The van der Waals surface area contributed by atoms with Crippen LogP contribution in [0.5, 0.6) is 0 Å². The molecule has 0 bridgehead atoms. The van der Waals surface area contributed by atoms with Crippen LogP contribution in [-0.2, 0) is 10.3 Å². The highest BCUT2D eigenvalue weighted by atomic mass is 32.1. The van der Waals surface area contributed by atoms with Crippen LogP contribution < -0.4 is 0 Å². The van der Waals surface area contributed by atoms with Gasteiger partial charge in [-0.25, -0.2) is 4.68 Å². The molecule has 7 nitrogen and oxygen atoms in total. The minimum atomic E-state index is -0.824. The van der Waals surface area contributed by atoms with Crippen molar-refractivity contribution in [2.45, 2.75) is 56.3 Å². The van der Waals surface area contributed by atoms with Crippen LogP contribution in [0.1, 0.15) is 60.6 Å². The normalized spacial score (nSPS) is 31.2. The van der Waals surface area contributed by atoms with Gasteiger partial charge in [-0.05, 0) is 49.0 Å². The molecule has 2 aliphatic carbocycles. The van der Waals surface area contributed by atoms with Crippen LogP contribution >= 0.6 is 11.3 Å². The molecular formula is C21H28N4O3S. The fraction of sp³-hybridized carbons (Fsp3) is 0.667. The molecule has 1 aliphatic heterocycles. The summed E-state index contributed by atoms with van der Waals surface area (Å²) in [5.74, 6) is 1.04. The number of aromatic nitrogens is 3. The first-order valence-corrected chi connectivity index (χ1v) is 11.5. The lowest BCUT2D eigenvalue weighted by Crippen LogP contribution is -2.37. The van der Waals surface area contributed by atoms with Gasteiger partial charge in [0.05, 0.1) is 23.9 Å². The molecule has 2 aromatic heterocycles. The number of aliphatic hydroxyl groups is 1. The van der Waals surface area contributed by atoms with Crippen molar-refractivity contribution in [2.75, 3.05) is 20.2 Å². The molecule has 2 saturated carbocycles. The van der Waals surface area contributed by atoms with E-state index in [0.29, 0.717) is 17.5 Å². The van der Waals surface area contributed by atoms with Crippen molar-refractivity contribution in [1.29, 1.82) is 0 Å². The first-order chi connectivity index (χ1) is 14.1. The summed E-state index contributed by atoms with van der Waals surface area (Å²) >= 11 is 1.56. The summed E-state index contributed by atoms with van der Waals surface area (Å²) in [6.07, 6.45) is 7.38. The van der Waals surface area contributed by atoms with Gasteiger partial charge in [0.2, 0.25) is 0 Å². The summed E-state index contributed by atoms with van der Waals surface area (Å²) < 4.78 is 7.74. The molecule has 156 valence electrons. The van der Waals surface area contributed by atoms with Crippen LogP contribution in [0.15, 0.2) is 23.0 Å². The largest absolute Gasteiger partial charge is 0.383 e. The van der Waals surface area contributed by atoms with Crippen molar-refractivity contribution < 1.29 is 14.6 Å². The minimum absolute atomic E-state index is 0.0419. The van der Waals surface area contributed by atoms with E-state index in [2.05, 4.69) is 10.3 Å². The smallest absolute Gasteiger partial charge is 0.254 e. The van der Waals surface area contributed by atoms with E-state index in [1.807, 2.05) is 32.6 Å². The van der Waals surface area contributed by atoms with Gasteiger partial charge < -0.3 is 14.7 Å². The Morgan fingerprint density at radius 3 is 2.72 bits per heavy atom. The molecule has 1 N–H and O–H groups in total. The average molecular weight is 417 g/mol. The lowest BCUT2D eigenvalue weighted by Gasteiger charge is -2.36. The molecule has 2 aromatic rings. The highest BCUT2D eigenvalue weighted by Crippen LogP contribution is 2.43. The maximum absolute atomic E-state index is 12.8.